The molecule has 0 radical (unpaired) electrons. The summed E-state index contributed by atoms with van der Waals surface area (Å²) in [7, 11) is 0. The fourth-order valence-electron chi connectivity index (χ4n) is 7.60. The van der Waals surface area contributed by atoms with E-state index in [4.69, 9.17) is 18.6 Å². The average molecular weight is 832 g/mol. The molecule has 8 rings (SSSR count). The molecule has 2 aromatic heterocycles. The molecule has 0 fully saturated rings. The monoisotopic (exact) mass is 831 g/mol. The molecule has 7 aromatic rings. The first-order chi connectivity index (χ1) is 30.2. The molecule has 0 saturated heterocycles. The zero-order valence-electron chi connectivity index (χ0n) is 33.6. The number of ether oxygens (including phenoxy) is 3. The normalized spacial score (nSPS) is 15.7. The number of carbonyl (C=O) groups is 4. The van der Waals surface area contributed by atoms with Gasteiger partial charge in [0.15, 0.2) is 0 Å². The van der Waals surface area contributed by atoms with Crippen LogP contribution in [-0.2, 0) is 14.3 Å². The van der Waals surface area contributed by atoms with E-state index >= 15 is 4.79 Å². The number of rotatable bonds is 13. The maximum Gasteiger partial charge on any atom is 0.351 e. The van der Waals surface area contributed by atoms with Crippen molar-refractivity contribution >= 4 is 51.3 Å². The lowest BCUT2D eigenvalue weighted by molar-refractivity contribution is -0.144. The van der Waals surface area contributed by atoms with Crippen LogP contribution in [0.1, 0.15) is 62.6 Å². The molecule has 1 aliphatic rings. The van der Waals surface area contributed by atoms with Crippen LogP contribution in [0.15, 0.2) is 149 Å². The molecule has 1 aliphatic heterocycles. The highest BCUT2D eigenvalue weighted by Gasteiger charge is 2.49. The number of esters is 2. The zero-order valence-corrected chi connectivity index (χ0v) is 33.6. The first-order valence-corrected chi connectivity index (χ1v) is 20.1. The van der Waals surface area contributed by atoms with Gasteiger partial charge in [0, 0.05) is 34.9 Å². The van der Waals surface area contributed by atoms with Gasteiger partial charge in [-0.2, -0.15) is 0 Å². The van der Waals surface area contributed by atoms with Gasteiger partial charge in [-0.3, -0.25) is 19.3 Å². The molecule has 0 aliphatic carbocycles. The number of aromatic nitrogens is 1. The van der Waals surface area contributed by atoms with E-state index in [0.29, 0.717) is 28.6 Å². The number of amides is 2. The Bertz CT molecular complexity index is 2840. The van der Waals surface area contributed by atoms with Gasteiger partial charge in [-0.25, -0.2) is 14.6 Å². The van der Waals surface area contributed by atoms with Crippen molar-refractivity contribution in [3.05, 3.63) is 172 Å². The van der Waals surface area contributed by atoms with E-state index < -0.39 is 59.6 Å². The smallest absolute Gasteiger partial charge is 0.351 e. The average Bonchev–Trinajstić information content (AvgIpc) is 3.30. The summed E-state index contributed by atoms with van der Waals surface area (Å²) in [6.45, 7) is 1.67. The third kappa shape index (κ3) is 8.65. The molecule has 62 heavy (non-hydrogen) atoms. The molecule has 13 heteroatoms. The summed E-state index contributed by atoms with van der Waals surface area (Å²) in [4.78, 5) is 76.7. The van der Waals surface area contributed by atoms with Gasteiger partial charge in [0.05, 0.1) is 42.9 Å². The number of aliphatic hydroxyl groups is 1. The van der Waals surface area contributed by atoms with Crippen LogP contribution in [0.2, 0.25) is 0 Å². The predicted molar refractivity (Wildman–Crippen MR) is 231 cm³/mol. The summed E-state index contributed by atoms with van der Waals surface area (Å²) >= 11 is 0. The Morgan fingerprint density at radius 1 is 0.806 bits per heavy atom. The first-order valence-electron chi connectivity index (χ1n) is 20.1. The summed E-state index contributed by atoms with van der Waals surface area (Å²) in [5, 5.41) is 13.7. The van der Waals surface area contributed by atoms with Crippen LogP contribution in [0.4, 0.5) is 5.69 Å². The van der Waals surface area contributed by atoms with Gasteiger partial charge in [0.25, 0.3) is 11.8 Å². The second-order valence-electron chi connectivity index (χ2n) is 14.5. The van der Waals surface area contributed by atoms with Crippen LogP contribution in [0.3, 0.4) is 0 Å². The fraction of sp³-hybridized carbons (Fsp3) is 0.184. The van der Waals surface area contributed by atoms with Crippen LogP contribution in [-0.4, -0.2) is 65.8 Å². The largest absolute Gasteiger partial charge is 0.493 e. The number of benzene rings is 5. The number of nitrogens with zero attached hydrogens (tertiary/aromatic N) is 2. The molecular weight excluding hydrogens is 791 g/mol. The quantitative estimate of drug-likeness (QED) is 0.0671. The number of hydrogen-bond acceptors (Lipinski definition) is 11. The Hall–Kier alpha value is -7.64. The molecule has 0 spiro atoms. The standard InChI is InChI=1S/C49H41N3O10/c1-2-59-43(54)29-41-45(62-49(58)37-27-34-14-7-9-16-42(34)61-48(37)57)44(51-46(55)33-19-17-31(18-20-33)30-11-4-3-5-12-30)36-28-35(60-26-10-25-53)22-24-40(36)52(41)47(56)39-23-21-32-13-6-8-15-38(32)50-39/h3-9,11-24,27-28,41,44-45,53H,2,10,25-26,29H2,1H3,(H,51,55)/t41-,44-,45-/m0/s1. The van der Waals surface area contributed by atoms with E-state index in [0.717, 1.165) is 16.5 Å². The lowest BCUT2D eigenvalue weighted by Gasteiger charge is -2.45. The Morgan fingerprint density at radius 3 is 2.31 bits per heavy atom. The highest BCUT2D eigenvalue weighted by molar-refractivity contribution is 6.08. The number of anilines is 1. The van der Waals surface area contributed by atoms with Gasteiger partial charge in [-0.05, 0) is 72.6 Å². The first kappa shape index (κ1) is 41.1. The summed E-state index contributed by atoms with van der Waals surface area (Å²) in [6.07, 6.45) is -1.70. The minimum atomic E-state index is -1.53. The summed E-state index contributed by atoms with van der Waals surface area (Å²) < 4.78 is 23.2. The molecule has 13 nitrogen and oxygen atoms in total. The molecule has 2 amide bonds. The van der Waals surface area contributed by atoms with E-state index in [1.807, 2.05) is 54.6 Å². The van der Waals surface area contributed by atoms with Crippen molar-refractivity contribution in [1.29, 1.82) is 0 Å². The van der Waals surface area contributed by atoms with E-state index in [1.54, 1.807) is 85.8 Å². The van der Waals surface area contributed by atoms with Crippen molar-refractivity contribution in [3.8, 4) is 16.9 Å². The van der Waals surface area contributed by atoms with E-state index in [9.17, 15) is 24.3 Å². The Balaban J connectivity index is 1.28. The van der Waals surface area contributed by atoms with Gasteiger partial charge in [0.1, 0.15) is 28.7 Å². The Kier molecular flexibility index (Phi) is 12.1. The number of hydrogen-bond donors (Lipinski definition) is 2. The van der Waals surface area contributed by atoms with Crippen molar-refractivity contribution in [2.45, 2.75) is 38.0 Å². The van der Waals surface area contributed by atoms with E-state index in [-0.39, 0.29) is 42.3 Å². The van der Waals surface area contributed by atoms with E-state index in [1.165, 1.54) is 11.0 Å². The molecule has 5 aromatic carbocycles. The number of para-hydroxylation sites is 2. The second kappa shape index (κ2) is 18.3. The zero-order chi connectivity index (χ0) is 43.2. The second-order valence-corrected chi connectivity index (χ2v) is 14.5. The Labute approximate surface area is 355 Å². The molecule has 2 N–H and O–H groups in total. The predicted octanol–water partition coefficient (Wildman–Crippen LogP) is 7.45. The molecule has 0 bridgehead atoms. The summed E-state index contributed by atoms with van der Waals surface area (Å²) in [6, 6.07) is 37.4. The van der Waals surface area contributed by atoms with Gasteiger partial charge < -0.3 is 29.1 Å². The number of aliphatic hydroxyl groups excluding tert-OH is 1. The van der Waals surface area contributed by atoms with Crippen LogP contribution in [0, 0.1) is 0 Å². The van der Waals surface area contributed by atoms with Crippen molar-refractivity contribution in [2.24, 2.45) is 0 Å². The minimum absolute atomic E-state index is 0.0125. The molecule has 3 heterocycles. The number of nitrogens with one attached hydrogen (secondary N) is 1. The van der Waals surface area contributed by atoms with Gasteiger partial charge >= 0.3 is 17.6 Å². The minimum Gasteiger partial charge on any atom is -0.493 e. The highest BCUT2D eigenvalue weighted by atomic mass is 16.6. The van der Waals surface area contributed by atoms with Gasteiger partial charge in [-0.1, -0.05) is 84.9 Å². The number of fused-ring (bicyclic) bond motifs is 3. The van der Waals surface area contributed by atoms with Gasteiger partial charge in [-0.15, -0.1) is 0 Å². The fourth-order valence-corrected chi connectivity index (χ4v) is 7.60. The maximum atomic E-state index is 15.0. The van der Waals surface area contributed by atoms with Crippen LogP contribution in [0.5, 0.6) is 5.75 Å². The molecule has 0 saturated carbocycles. The Morgan fingerprint density at radius 2 is 1.53 bits per heavy atom. The molecule has 3 atom stereocenters. The topological polar surface area (TPSA) is 175 Å². The molecule has 312 valence electrons. The van der Waals surface area contributed by atoms with Crippen molar-refractivity contribution < 1.29 is 42.9 Å². The molecule has 0 unspecified atom stereocenters. The van der Waals surface area contributed by atoms with Crippen molar-refractivity contribution in [3.63, 3.8) is 0 Å². The van der Waals surface area contributed by atoms with Crippen LogP contribution in [0.25, 0.3) is 33.0 Å². The van der Waals surface area contributed by atoms with Crippen LogP contribution >= 0.6 is 0 Å². The summed E-state index contributed by atoms with van der Waals surface area (Å²) in [5.74, 6) is -2.73. The summed E-state index contributed by atoms with van der Waals surface area (Å²) in [5.41, 5.74) is 2.04. The molecular formula is C49H41N3O10. The maximum absolute atomic E-state index is 15.0. The van der Waals surface area contributed by atoms with E-state index in [2.05, 4.69) is 10.3 Å². The van der Waals surface area contributed by atoms with Crippen molar-refractivity contribution in [1.82, 2.24) is 10.3 Å². The van der Waals surface area contributed by atoms with Crippen LogP contribution < -0.4 is 20.6 Å². The highest BCUT2D eigenvalue weighted by Crippen LogP contribution is 2.43. The third-order valence-corrected chi connectivity index (χ3v) is 10.6. The number of pyridine rings is 1. The lowest BCUT2D eigenvalue weighted by Crippen LogP contribution is -2.58. The third-order valence-electron chi connectivity index (χ3n) is 10.6. The van der Waals surface area contributed by atoms with Crippen molar-refractivity contribution in [2.75, 3.05) is 24.7 Å². The number of carbonyl (C=O) groups excluding carboxylic acids is 4. The lowest BCUT2D eigenvalue weighted by atomic mass is 9.85. The van der Waals surface area contributed by atoms with Gasteiger partial charge in [0.2, 0.25) is 0 Å². The SMILES string of the molecule is CCOC(=O)C[C@H]1[C@H](OC(=O)c2cc3ccccc3oc2=O)[C@@H](NC(=O)c2ccc(-c3ccccc3)cc2)c2cc(OCCCO)ccc2N1C(=O)c1ccc2ccccc2n1.